The van der Waals surface area contributed by atoms with Crippen molar-refractivity contribution in [3.05, 3.63) is 29.8 Å². The summed E-state index contributed by atoms with van der Waals surface area (Å²) in [4.78, 5) is 0. The van der Waals surface area contributed by atoms with Gasteiger partial charge in [-0.15, -0.1) is 12.6 Å². The molecule has 0 bridgehead atoms. The Labute approximate surface area is 71.8 Å². The molecule has 1 heterocycles. The molecule has 0 fully saturated rings. The summed E-state index contributed by atoms with van der Waals surface area (Å²) in [6.45, 7) is 0. The fourth-order valence-corrected chi connectivity index (χ4v) is 1.55. The average molecular weight is 166 g/mol. The SMILES string of the molecule is SC1CCc2ccccc2O1. The Hall–Kier alpha value is -0.630. The van der Waals surface area contributed by atoms with Crippen LogP contribution in [0.5, 0.6) is 5.75 Å². The first-order valence-corrected chi connectivity index (χ1v) is 4.30. The van der Waals surface area contributed by atoms with Gasteiger partial charge in [0.25, 0.3) is 0 Å². The second kappa shape index (κ2) is 2.78. The quantitative estimate of drug-likeness (QED) is 0.582. The van der Waals surface area contributed by atoms with Crippen LogP contribution in [0.1, 0.15) is 12.0 Å². The summed E-state index contributed by atoms with van der Waals surface area (Å²) in [5.41, 5.74) is 1.39. The van der Waals surface area contributed by atoms with E-state index in [0.29, 0.717) is 0 Å². The Morgan fingerprint density at radius 2 is 2.18 bits per heavy atom. The van der Waals surface area contributed by atoms with Gasteiger partial charge in [0.2, 0.25) is 0 Å². The van der Waals surface area contributed by atoms with E-state index >= 15 is 0 Å². The summed E-state index contributed by atoms with van der Waals surface area (Å²) in [6, 6.07) is 8.14. The standard InChI is InChI=1S/C9H10OS/c11-9-6-5-7-3-1-2-4-8(7)10-9/h1-4,9,11H,5-6H2. The van der Waals surface area contributed by atoms with Gasteiger partial charge in [0.1, 0.15) is 11.2 Å². The lowest BCUT2D eigenvalue weighted by Gasteiger charge is -2.21. The van der Waals surface area contributed by atoms with E-state index in [0.717, 1.165) is 18.6 Å². The molecule has 1 aromatic rings. The van der Waals surface area contributed by atoms with Crippen molar-refractivity contribution in [2.75, 3.05) is 0 Å². The summed E-state index contributed by atoms with van der Waals surface area (Å²) >= 11 is 4.26. The molecule has 1 nitrogen and oxygen atoms in total. The molecule has 0 N–H and O–H groups in total. The van der Waals surface area contributed by atoms with Crippen LogP contribution in [0.15, 0.2) is 24.3 Å². The number of hydrogen-bond acceptors (Lipinski definition) is 2. The van der Waals surface area contributed by atoms with Gasteiger partial charge in [-0.25, -0.2) is 0 Å². The third-order valence-corrected chi connectivity index (χ3v) is 2.26. The van der Waals surface area contributed by atoms with Crippen LogP contribution in [0.4, 0.5) is 0 Å². The van der Waals surface area contributed by atoms with Crippen LogP contribution in [0.3, 0.4) is 0 Å². The zero-order valence-electron chi connectivity index (χ0n) is 6.16. The lowest BCUT2D eigenvalue weighted by atomic mass is 10.1. The number of aryl methyl sites for hydroxylation is 1. The number of fused-ring (bicyclic) bond motifs is 1. The molecule has 0 radical (unpaired) electrons. The highest BCUT2D eigenvalue weighted by Gasteiger charge is 2.14. The molecule has 0 amide bonds. The average Bonchev–Trinajstić information content (AvgIpc) is 2.04. The van der Waals surface area contributed by atoms with Crippen molar-refractivity contribution in [3.63, 3.8) is 0 Å². The van der Waals surface area contributed by atoms with Gasteiger partial charge in [0.05, 0.1) is 0 Å². The lowest BCUT2D eigenvalue weighted by Crippen LogP contribution is -2.16. The number of ether oxygens (including phenoxy) is 1. The largest absolute Gasteiger partial charge is 0.480 e. The predicted octanol–water partition coefficient (Wildman–Crippen LogP) is 2.27. The Morgan fingerprint density at radius 3 is 3.09 bits per heavy atom. The minimum Gasteiger partial charge on any atom is -0.480 e. The van der Waals surface area contributed by atoms with E-state index < -0.39 is 0 Å². The van der Waals surface area contributed by atoms with Crippen LogP contribution in [0, 0.1) is 0 Å². The summed E-state index contributed by atoms with van der Waals surface area (Å²) in [6.07, 6.45) is 2.10. The molecule has 58 valence electrons. The Balaban J connectivity index is 2.34. The Morgan fingerprint density at radius 1 is 1.36 bits per heavy atom. The second-order valence-electron chi connectivity index (χ2n) is 2.72. The Bertz CT molecular complexity index is 259. The number of thiol groups is 1. The number of benzene rings is 1. The molecule has 2 heteroatoms. The van der Waals surface area contributed by atoms with Crippen molar-refractivity contribution in [2.24, 2.45) is 0 Å². The maximum Gasteiger partial charge on any atom is 0.142 e. The molecule has 11 heavy (non-hydrogen) atoms. The summed E-state index contributed by atoms with van der Waals surface area (Å²) in [5, 5.41) is 0. The minimum atomic E-state index is 0.0879. The van der Waals surface area contributed by atoms with Crippen LogP contribution in [-0.2, 0) is 6.42 Å². The zero-order chi connectivity index (χ0) is 7.68. The molecule has 1 aliphatic rings. The van der Waals surface area contributed by atoms with Gasteiger partial charge in [-0.2, -0.15) is 0 Å². The molecule has 0 saturated heterocycles. The highest BCUT2D eigenvalue weighted by molar-refractivity contribution is 7.80. The molecule has 0 aliphatic carbocycles. The molecule has 0 saturated carbocycles. The molecular formula is C9H10OS. The monoisotopic (exact) mass is 166 g/mol. The molecule has 1 unspecified atom stereocenters. The first-order chi connectivity index (χ1) is 5.36. The fourth-order valence-electron chi connectivity index (χ4n) is 1.31. The van der Waals surface area contributed by atoms with E-state index in [2.05, 4.69) is 18.7 Å². The van der Waals surface area contributed by atoms with Gasteiger partial charge in [0, 0.05) is 0 Å². The van der Waals surface area contributed by atoms with E-state index in [9.17, 15) is 0 Å². The predicted molar refractivity (Wildman–Crippen MR) is 48.2 cm³/mol. The first kappa shape index (κ1) is 7.04. The van der Waals surface area contributed by atoms with Crippen LogP contribution in [0.2, 0.25) is 0 Å². The third-order valence-electron chi connectivity index (χ3n) is 1.90. The smallest absolute Gasteiger partial charge is 0.142 e. The van der Waals surface area contributed by atoms with Gasteiger partial charge in [0.15, 0.2) is 0 Å². The summed E-state index contributed by atoms with van der Waals surface area (Å²) in [5.74, 6) is 0.999. The van der Waals surface area contributed by atoms with Crippen LogP contribution in [-0.4, -0.2) is 5.44 Å². The van der Waals surface area contributed by atoms with E-state index in [1.807, 2.05) is 18.2 Å². The highest BCUT2D eigenvalue weighted by Crippen LogP contribution is 2.27. The molecule has 1 atom stereocenters. The van der Waals surface area contributed by atoms with E-state index in [-0.39, 0.29) is 5.44 Å². The molecule has 1 aromatic carbocycles. The minimum absolute atomic E-state index is 0.0879. The number of hydrogen-bond donors (Lipinski definition) is 1. The second-order valence-corrected chi connectivity index (χ2v) is 3.29. The number of rotatable bonds is 0. The van der Waals surface area contributed by atoms with Gasteiger partial charge in [-0.1, -0.05) is 18.2 Å². The number of para-hydroxylation sites is 1. The van der Waals surface area contributed by atoms with E-state index in [1.54, 1.807) is 0 Å². The topological polar surface area (TPSA) is 9.23 Å². The van der Waals surface area contributed by atoms with Gasteiger partial charge in [-0.3, -0.25) is 0 Å². The van der Waals surface area contributed by atoms with E-state index in [1.165, 1.54) is 5.56 Å². The normalized spacial score (nSPS) is 22.1. The highest BCUT2D eigenvalue weighted by atomic mass is 32.1. The molecule has 0 aromatic heterocycles. The van der Waals surface area contributed by atoms with Gasteiger partial charge in [-0.05, 0) is 24.5 Å². The maximum atomic E-state index is 5.50. The Kier molecular flexibility index (Phi) is 1.78. The van der Waals surface area contributed by atoms with Crippen molar-refractivity contribution < 1.29 is 4.74 Å². The third kappa shape index (κ3) is 1.36. The summed E-state index contributed by atoms with van der Waals surface area (Å²) < 4.78 is 5.50. The molecular weight excluding hydrogens is 156 g/mol. The lowest BCUT2D eigenvalue weighted by molar-refractivity contribution is 0.258. The van der Waals surface area contributed by atoms with Crippen molar-refractivity contribution in [3.8, 4) is 5.75 Å². The molecule has 2 rings (SSSR count). The zero-order valence-corrected chi connectivity index (χ0v) is 7.05. The van der Waals surface area contributed by atoms with Gasteiger partial charge < -0.3 is 4.74 Å². The van der Waals surface area contributed by atoms with Crippen molar-refractivity contribution in [2.45, 2.75) is 18.3 Å². The molecule has 1 aliphatic heterocycles. The van der Waals surface area contributed by atoms with Crippen LogP contribution >= 0.6 is 12.6 Å². The van der Waals surface area contributed by atoms with Crippen molar-refractivity contribution in [1.82, 2.24) is 0 Å². The maximum absolute atomic E-state index is 5.50. The van der Waals surface area contributed by atoms with Crippen molar-refractivity contribution >= 4 is 12.6 Å². The fraction of sp³-hybridized carbons (Fsp3) is 0.333. The molecule has 0 spiro atoms. The van der Waals surface area contributed by atoms with Gasteiger partial charge >= 0.3 is 0 Å². The van der Waals surface area contributed by atoms with Crippen LogP contribution in [0.25, 0.3) is 0 Å². The first-order valence-electron chi connectivity index (χ1n) is 3.79. The summed E-state index contributed by atoms with van der Waals surface area (Å²) in [7, 11) is 0. The van der Waals surface area contributed by atoms with E-state index in [4.69, 9.17) is 4.74 Å². The van der Waals surface area contributed by atoms with Crippen LogP contribution < -0.4 is 4.74 Å². The van der Waals surface area contributed by atoms with Crippen molar-refractivity contribution in [1.29, 1.82) is 0 Å².